The van der Waals surface area contributed by atoms with Gasteiger partial charge in [0.2, 0.25) is 30.9 Å². The monoisotopic (exact) mass is 646 g/mol. The summed E-state index contributed by atoms with van der Waals surface area (Å²) in [5.74, 6) is 3.20. The molecule has 0 radical (unpaired) electrons. The third-order valence-electron chi connectivity index (χ3n) is 2.48. The van der Waals surface area contributed by atoms with Crippen LogP contribution in [0.3, 0.4) is 0 Å². The van der Waals surface area contributed by atoms with E-state index in [2.05, 4.69) is 71.2 Å². The first-order valence-corrected chi connectivity index (χ1v) is 11.5. The molecule has 0 aliphatic carbocycles. The number of thiol groups is 2. The number of nitrogens with one attached hydrogen (secondary N) is 2. The van der Waals surface area contributed by atoms with Crippen molar-refractivity contribution in [2.24, 2.45) is 21.4 Å². The van der Waals surface area contributed by atoms with Crippen LogP contribution < -0.4 is 15.7 Å². The van der Waals surface area contributed by atoms with Gasteiger partial charge < -0.3 is 43.9 Å². The zero-order valence-electron chi connectivity index (χ0n) is 22.8. The predicted octanol–water partition coefficient (Wildman–Crippen LogP) is 0.745. The molecule has 0 saturated carbocycles. The Labute approximate surface area is 249 Å². The van der Waals surface area contributed by atoms with Crippen molar-refractivity contribution in [3.05, 3.63) is 0 Å². The lowest BCUT2D eigenvalue weighted by molar-refractivity contribution is -0.152. The molecule has 0 unspecified atom stereocenters. The fourth-order valence-corrected chi connectivity index (χ4v) is 1.49. The summed E-state index contributed by atoms with van der Waals surface area (Å²) in [4.78, 5) is 55.5. The molecule has 0 amide bonds. The molecule has 40 heavy (non-hydrogen) atoms. The first-order chi connectivity index (χ1) is 18.5. The van der Waals surface area contributed by atoms with Crippen LogP contribution in [0.25, 0.3) is 0 Å². The first kappa shape index (κ1) is 46.9. The van der Waals surface area contributed by atoms with Gasteiger partial charge in [-0.3, -0.25) is 4.84 Å². The van der Waals surface area contributed by atoms with Gasteiger partial charge in [-0.05, 0) is 20.8 Å². The van der Waals surface area contributed by atoms with Crippen molar-refractivity contribution in [2.45, 2.75) is 41.5 Å². The lowest BCUT2D eigenvalue weighted by atomic mass is 10.7. The molecule has 19 nitrogen and oxygen atoms in total. The number of carbonyl (C=O) groups excluding carboxylic acids is 2. The Kier molecular flexibility index (Phi) is 44.8. The average Bonchev–Trinajstić information content (AvgIpc) is 2.86. The molecule has 0 aromatic carbocycles. The molecule has 238 valence electrons. The number of rotatable bonds is 13. The summed E-state index contributed by atoms with van der Waals surface area (Å²) in [5, 5.41) is 25.7. The highest BCUT2D eigenvalue weighted by Gasteiger charge is 2.01. The number of hydrogen-bond donors (Lipinski definition) is 7. The van der Waals surface area contributed by atoms with Crippen LogP contribution in [0.4, 0.5) is 0 Å². The zero-order valence-corrected chi connectivity index (χ0v) is 25.5. The third kappa shape index (κ3) is 48.2. The second-order valence-corrected chi connectivity index (χ2v) is 5.89. The summed E-state index contributed by atoms with van der Waals surface area (Å²) in [7, 11) is 0. The van der Waals surface area contributed by atoms with Gasteiger partial charge in [-0.25, -0.2) is 20.3 Å². The van der Waals surface area contributed by atoms with E-state index >= 15 is 0 Å². The Morgan fingerprint density at radius 3 is 1.43 bits per heavy atom. The molecule has 0 aromatic heterocycles. The quantitative estimate of drug-likeness (QED) is 0.0479. The number of nitrogens with zero attached hydrogens (tertiary/aromatic N) is 3. The molecule has 0 spiro atoms. The van der Waals surface area contributed by atoms with Gasteiger partial charge in [-0.1, -0.05) is 50.9 Å². The summed E-state index contributed by atoms with van der Waals surface area (Å²) in [6.07, 6.45) is 0. The molecule has 0 atom stereocenters. The highest BCUT2D eigenvalue weighted by atomic mass is 35.5. The van der Waals surface area contributed by atoms with Gasteiger partial charge in [-0.15, -0.1) is 12.4 Å². The van der Waals surface area contributed by atoms with Crippen LogP contribution in [0.15, 0.2) is 15.5 Å². The van der Waals surface area contributed by atoms with Crippen molar-refractivity contribution in [1.82, 2.24) is 9.77 Å². The van der Waals surface area contributed by atoms with E-state index in [1.54, 1.807) is 27.7 Å². The maximum absolute atomic E-state index is 10.6. The summed E-state index contributed by atoms with van der Waals surface area (Å²) in [6, 6.07) is 0. The average molecular weight is 647 g/mol. The van der Waals surface area contributed by atoms with Crippen LogP contribution in [-0.2, 0) is 52.8 Å². The van der Waals surface area contributed by atoms with Crippen molar-refractivity contribution in [1.29, 1.82) is 0 Å². The van der Waals surface area contributed by atoms with Gasteiger partial charge in [0.05, 0.1) is 19.8 Å². The van der Waals surface area contributed by atoms with Crippen LogP contribution >= 0.6 is 38.0 Å². The van der Waals surface area contributed by atoms with Crippen LogP contribution in [0.1, 0.15) is 41.5 Å². The minimum Gasteiger partial charge on any atom is -0.479 e. The fourth-order valence-electron chi connectivity index (χ4n) is 1.29. The first-order valence-electron chi connectivity index (χ1n) is 10.6. The molecule has 0 bridgehead atoms. The molecule has 0 saturated heterocycles. The van der Waals surface area contributed by atoms with Crippen molar-refractivity contribution >= 4 is 73.6 Å². The number of carboxylic acids is 1. The molecule has 0 aliphatic rings. The van der Waals surface area contributed by atoms with Crippen LogP contribution in [-0.4, -0.2) is 85.6 Å². The topological polar surface area (TPSA) is 253 Å². The maximum atomic E-state index is 10.6. The normalized spacial score (nSPS) is 10.3. The van der Waals surface area contributed by atoms with E-state index in [-0.39, 0.29) is 25.6 Å². The van der Waals surface area contributed by atoms with Crippen molar-refractivity contribution in [3.8, 4) is 0 Å². The molecule has 0 rings (SSSR count). The molecule has 0 heterocycles. The Morgan fingerprint density at radius 2 is 1.12 bits per heavy atom. The van der Waals surface area contributed by atoms with Gasteiger partial charge in [0.25, 0.3) is 0 Å². The number of oxime groups is 3. The lowest BCUT2D eigenvalue weighted by Gasteiger charge is -2.01. The SMILES string of the molecule is CCO/C(C)=N/O.CCO/C(C)=N/OCC(=O)O.CCO/C(C)=N/OCC(=O)ONS.Cl.NOCC(=O)ONS. The Hall–Kier alpha value is -2.95. The molecular weight excluding hydrogens is 608 g/mol. The van der Waals surface area contributed by atoms with E-state index in [1.807, 2.05) is 23.6 Å². The minimum absolute atomic E-state index is 0. The Morgan fingerprint density at radius 1 is 0.750 bits per heavy atom. The van der Waals surface area contributed by atoms with Gasteiger partial charge in [0.1, 0.15) is 0 Å². The number of hydrogen-bond acceptors (Lipinski definition) is 20. The van der Waals surface area contributed by atoms with Crippen LogP contribution in [0.5, 0.6) is 0 Å². The number of halogens is 1. The van der Waals surface area contributed by atoms with E-state index in [1.165, 1.54) is 0 Å². The van der Waals surface area contributed by atoms with Crippen LogP contribution in [0, 0.1) is 0 Å². The van der Waals surface area contributed by atoms with Crippen molar-refractivity contribution in [2.75, 3.05) is 39.6 Å². The highest BCUT2D eigenvalue weighted by Crippen LogP contribution is 1.86. The van der Waals surface area contributed by atoms with E-state index in [9.17, 15) is 14.4 Å². The molecule has 0 fully saturated rings. The lowest BCUT2D eigenvalue weighted by Crippen LogP contribution is -2.18. The Bertz CT molecular complexity index is 714. The number of ether oxygens (including phenoxy) is 3. The van der Waals surface area contributed by atoms with E-state index < -0.39 is 24.5 Å². The van der Waals surface area contributed by atoms with Gasteiger partial charge >= 0.3 is 17.9 Å². The number of nitrogens with two attached hydrogens (primary N) is 1. The summed E-state index contributed by atoms with van der Waals surface area (Å²) in [5.41, 5.74) is 0. The minimum atomic E-state index is -1.06. The standard InChI is InChI=1S/C6H12N2O4S.C6H11NO4.C4H9NO2.C2H6N2O3S.ClH/c1-3-10-5(2)7-11-4-6(9)12-8-13;1-3-10-5(2)7-11-4-6(8)9;1-3-7-4(2)5-6;3-6-1-2(5)7-4-8;/h8,13H,3-4H2,1-2H3;3-4H2,1-2H3,(H,8,9);6H,3H2,1-2H3;4,8H,1,3H2;1H/b2*7-5+;5-4+;;. The second-order valence-electron chi connectivity index (χ2n) is 5.52. The summed E-state index contributed by atoms with van der Waals surface area (Å²) in [6.45, 7) is 10.8. The van der Waals surface area contributed by atoms with Gasteiger partial charge in [-0.2, -0.15) is 0 Å². The number of carboxylic acid groups (broad SMARTS) is 1. The summed E-state index contributed by atoms with van der Waals surface area (Å²) >= 11 is 6.81. The summed E-state index contributed by atoms with van der Waals surface area (Å²) < 4.78 is 14.5. The zero-order chi connectivity index (χ0) is 30.9. The molecule has 0 aromatic rings. The third-order valence-corrected chi connectivity index (χ3v) is 2.66. The van der Waals surface area contributed by atoms with Crippen LogP contribution in [0.2, 0.25) is 0 Å². The van der Waals surface area contributed by atoms with E-state index in [4.69, 9.17) is 24.5 Å². The van der Waals surface area contributed by atoms with Gasteiger partial charge in [0, 0.05) is 20.8 Å². The second kappa shape index (κ2) is 38.2. The highest BCUT2D eigenvalue weighted by molar-refractivity contribution is 7.78. The Balaban J connectivity index is -0.000000139. The largest absolute Gasteiger partial charge is 0.479 e. The molecule has 6 N–H and O–H groups in total. The molecule has 22 heteroatoms. The number of aliphatic carboxylic acids is 1. The van der Waals surface area contributed by atoms with Crippen molar-refractivity contribution < 1.29 is 63.1 Å². The maximum Gasteiger partial charge on any atom is 0.366 e. The van der Waals surface area contributed by atoms with Crippen molar-refractivity contribution in [3.63, 3.8) is 0 Å². The molecule has 0 aliphatic heterocycles. The fraction of sp³-hybridized carbons (Fsp3) is 0.667. The van der Waals surface area contributed by atoms with Gasteiger partial charge in [0.15, 0.2) is 6.61 Å². The molecular formula is C18H39ClN6O13S2. The van der Waals surface area contributed by atoms with E-state index in [0.717, 1.165) is 0 Å². The van der Waals surface area contributed by atoms with E-state index in [0.29, 0.717) is 37.5 Å². The number of carbonyl (C=O) groups is 3. The smallest absolute Gasteiger partial charge is 0.366 e. The predicted molar refractivity (Wildman–Crippen MR) is 149 cm³/mol.